The summed E-state index contributed by atoms with van der Waals surface area (Å²) in [6.45, 7) is 5.81. The van der Waals surface area contributed by atoms with Gasteiger partial charge in [0, 0.05) is 17.8 Å². The highest BCUT2D eigenvalue weighted by atomic mass is 16.2. The number of rotatable bonds is 3. The van der Waals surface area contributed by atoms with E-state index in [1.165, 1.54) is 4.68 Å². The molecule has 124 valence electrons. The Morgan fingerprint density at radius 1 is 1.33 bits per heavy atom. The monoisotopic (exact) mass is 326 g/mol. The maximum absolute atomic E-state index is 12.3. The van der Waals surface area contributed by atoms with Crippen LogP contribution >= 0.6 is 0 Å². The second kappa shape index (κ2) is 6.11. The molecule has 24 heavy (non-hydrogen) atoms. The van der Waals surface area contributed by atoms with Crippen molar-refractivity contribution in [1.82, 2.24) is 29.5 Å². The van der Waals surface area contributed by atoms with E-state index in [0.717, 1.165) is 0 Å². The Balaban J connectivity index is 1.87. The lowest BCUT2D eigenvalue weighted by Crippen LogP contribution is -2.22. The fourth-order valence-corrected chi connectivity index (χ4v) is 2.30. The summed E-state index contributed by atoms with van der Waals surface area (Å²) < 4.78 is 3.10. The molecule has 9 heteroatoms. The first-order valence-electron chi connectivity index (χ1n) is 7.46. The topological polar surface area (TPSA) is 117 Å². The summed E-state index contributed by atoms with van der Waals surface area (Å²) in [4.78, 5) is 16.7. The molecule has 1 amide bonds. The number of nitrogens with zero attached hydrogens (tertiary/aromatic N) is 6. The Labute approximate surface area is 138 Å². The molecule has 3 N–H and O–H groups in total. The molecular weight excluding hydrogens is 308 g/mol. The van der Waals surface area contributed by atoms with Crippen molar-refractivity contribution in [3.8, 4) is 11.5 Å². The van der Waals surface area contributed by atoms with Gasteiger partial charge in [0.1, 0.15) is 23.7 Å². The highest BCUT2D eigenvalue weighted by Crippen LogP contribution is 2.19. The van der Waals surface area contributed by atoms with E-state index >= 15 is 0 Å². The third kappa shape index (κ3) is 2.96. The van der Waals surface area contributed by atoms with Crippen molar-refractivity contribution in [1.29, 1.82) is 0 Å². The zero-order valence-electron chi connectivity index (χ0n) is 13.6. The van der Waals surface area contributed by atoms with Crippen LogP contribution in [0.5, 0.6) is 0 Å². The molecular formula is C15H18N8O. The predicted molar refractivity (Wildman–Crippen MR) is 89.4 cm³/mol. The van der Waals surface area contributed by atoms with E-state index in [0.29, 0.717) is 23.0 Å². The van der Waals surface area contributed by atoms with Crippen molar-refractivity contribution < 1.29 is 4.79 Å². The maximum atomic E-state index is 12.3. The average molecular weight is 326 g/mol. The number of pyridine rings is 1. The molecule has 0 aliphatic heterocycles. The van der Waals surface area contributed by atoms with Gasteiger partial charge in [-0.15, -0.1) is 15.3 Å². The molecule has 0 bridgehead atoms. The van der Waals surface area contributed by atoms with Gasteiger partial charge < -0.3 is 10.3 Å². The van der Waals surface area contributed by atoms with Gasteiger partial charge in [0.25, 0.3) is 0 Å². The molecule has 3 aromatic heterocycles. The Kier molecular flexibility index (Phi) is 3.98. The lowest BCUT2D eigenvalue weighted by Gasteiger charge is -2.10. The number of aryl methyl sites for hydroxylation is 1. The highest BCUT2D eigenvalue weighted by Gasteiger charge is 2.14. The van der Waals surface area contributed by atoms with Gasteiger partial charge >= 0.3 is 6.03 Å². The summed E-state index contributed by atoms with van der Waals surface area (Å²) >= 11 is 0. The van der Waals surface area contributed by atoms with E-state index in [9.17, 15) is 4.79 Å². The van der Waals surface area contributed by atoms with Crippen LogP contribution in [-0.2, 0) is 0 Å². The minimum atomic E-state index is -0.431. The summed E-state index contributed by atoms with van der Waals surface area (Å²) in [6.07, 6.45) is 1.66. The van der Waals surface area contributed by atoms with Gasteiger partial charge in [0.15, 0.2) is 5.82 Å². The van der Waals surface area contributed by atoms with Gasteiger partial charge in [-0.1, -0.05) is 6.07 Å². The first-order valence-corrected chi connectivity index (χ1v) is 7.46. The number of carbonyl (C=O) groups excluding carboxylic acids is 1. The number of carbonyl (C=O) groups is 1. The molecule has 3 rings (SSSR count). The molecule has 0 atom stereocenters. The first kappa shape index (κ1) is 15.7. The molecule has 3 heterocycles. The van der Waals surface area contributed by atoms with Crippen LogP contribution in [0.25, 0.3) is 11.5 Å². The Hall–Kier alpha value is -3.23. The second-order valence-electron chi connectivity index (χ2n) is 5.62. The van der Waals surface area contributed by atoms with Crippen LogP contribution in [0, 0.1) is 6.92 Å². The summed E-state index contributed by atoms with van der Waals surface area (Å²) in [5, 5.41) is 14.7. The van der Waals surface area contributed by atoms with E-state index in [2.05, 4.69) is 25.6 Å². The van der Waals surface area contributed by atoms with Crippen LogP contribution in [0.1, 0.15) is 25.6 Å². The number of nitrogens with two attached hydrogens (primary N) is 1. The number of amides is 1. The van der Waals surface area contributed by atoms with E-state index in [1.807, 2.05) is 24.5 Å². The largest absolute Gasteiger partial charge is 0.382 e. The molecule has 0 spiro atoms. The van der Waals surface area contributed by atoms with Gasteiger partial charge in [0.2, 0.25) is 0 Å². The van der Waals surface area contributed by atoms with Gasteiger partial charge in [0.05, 0.1) is 0 Å². The Morgan fingerprint density at radius 3 is 2.79 bits per heavy atom. The van der Waals surface area contributed by atoms with Crippen molar-refractivity contribution in [3.05, 3.63) is 36.3 Å². The van der Waals surface area contributed by atoms with Crippen molar-refractivity contribution in [3.63, 3.8) is 0 Å². The number of hydrogen-bond acceptors (Lipinski definition) is 6. The van der Waals surface area contributed by atoms with Gasteiger partial charge in [-0.05, 0) is 32.9 Å². The quantitative estimate of drug-likeness (QED) is 0.761. The van der Waals surface area contributed by atoms with Crippen molar-refractivity contribution in [2.45, 2.75) is 26.8 Å². The zero-order valence-corrected chi connectivity index (χ0v) is 13.6. The lowest BCUT2D eigenvalue weighted by atomic mass is 10.3. The third-order valence-corrected chi connectivity index (χ3v) is 3.44. The van der Waals surface area contributed by atoms with Crippen LogP contribution in [0.4, 0.5) is 16.4 Å². The number of nitrogens with one attached hydrogen (secondary N) is 1. The van der Waals surface area contributed by atoms with Gasteiger partial charge in [-0.3, -0.25) is 5.32 Å². The van der Waals surface area contributed by atoms with Crippen molar-refractivity contribution in [2.24, 2.45) is 0 Å². The van der Waals surface area contributed by atoms with Crippen LogP contribution in [0.3, 0.4) is 0 Å². The minimum Gasteiger partial charge on any atom is -0.382 e. The van der Waals surface area contributed by atoms with Crippen LogP contribution in [-0.4, -0.2) is 35.6 Å². The molecule has 0 saturated carbocycles. The molecule has 3 aromatic rings. The average Bonchev–Trinajstić information content (AvgIpc) is 3.14. The molecule has 9 nitrogen and oxygen atoms in total. The molecule has 0 unspecified atom stereocenters. The lowest BCUT2D eigenvalue weighted by molar-refractivity contribution is 0.250. The smallest absolute Gasteiger partial charge is 0.347 e. The maximum Gasteiger partial charge on any atom is 0.347 e. The summed E-state index contributed by atoms with van der Waals surface area (Å²) in [5.74, 6) is 1.32. The standard InChI is InChI=1S/C15H18N8O/c1-9(2)22-8-17-20-14(22)11-5-4-6-13(18-11)19-15(24)23-10(3)7-12(16)21-23/h4-9H,1-3H3,(H2,16,21)(H,18,19,24). The Morgan fingerprint density at radius 2 is 2.12 bits per heavy atom. The summed E-state index contributed by atoms with van der Waals surface area (Å²) in [6, 6.07) is 6.69. The fourth-order valence-electron chi connectivity index (χ4n) is 2.30. The first-order chi connectivity index (χ1) is 11.5. The minimum absolute atomic E-state index is 0.199. The number of nitrogen functional groups attached to an aromatic ring is 1. The van der Waals surface area contributed by atoms with Crippen LogP contribution in [0.2, 0.25) is 0 Å². The number of anilines is 2. The van der Waals surface area contributed by atoms with Gasteiger partial charge in [-0.2, -0.15) is 4.68 Å². The highest BCUT2D eigenvalue weighted by molar-refractivity contribution is 5.90. The number of aromatic nitrogens is 6. The van der Waals surface area contributed by atoms with E-state index in [-0.39, 0.29) is 11.9 Å². The SMILES string of the molecule is Cc1cc(N)nn1C(=O)Nc1cccc(-c2nncn2C(C)C)n1. The molecule has 0 aromatic carbocycles. The third-order valence-electron chi connectivity index (χ3n) is 3.44. The van der Waals surface area contributed by atoms with Crippen LogP contribution < -0.4 is 11.1 Å². The number of hydrogen-bond donors (Lipinski definition) is 2. The normalized spacial score (nSPS) is 11.0. The van der Waals surface area contributed by atoms with E-state index in [4.69, 9.17) is 5.73 Å². The Bertz CT molecular complexity index is 879. The molecule has 0 fully saturated rings. The van der Waals surface area contributed by atoms with Crippen molar-refractivity contribution in [2.75, 3.05) is 11.1 Å². The zero-order chi connectivity index (χ0) is 17.3. The molecule has 0 radical (unpaired) electrons. The van der Waals surface area contributed by atoms with Gasteiger partial charge in [-0.25, -0.2) is 9.78 Å². The van der Waals surface area contributed by atoms with Crippen LogP contribution in [0.15, 0.2) is 30.6 Å². The second-order valence-corrected chi connectivity index (χ2v) is 5.62. The van der Waals surface area contributed by atoms with E-state index in [1.54, 1.807) is 31.5 Å². The summed E-state index contributed by atoms with van der Waals surface area (Å²) in [7, 11) is 0. The molecule has 0 aliphatic carbocycles. The van der Waals surface area contributed by atoms with E-state index < -0.39 is 6.03 Å². The summed E-state index contributed by atoms with van der Waals surface area (Å²) in [5.41, 5.74) is 6.86. The predicted octanol–water partition coefficient (Wildman–Crippen LogP) is 2.09. The fraction of sp³-hybridized carbons (Fsp3) is 0.267. The molecule has 0 aliphatic rings. The molecule has 0 saturated heterocycles. The van der Waals surface area contributed by atoms with Crippen molar-refractivity contribution >= 4 is 17.7 Å².